The third-order valence-corrected chi connectivity index (χ3v) is 5.16. The van der Waals surface area contributed by atoms with E-state index in [1.165, 1.54) is 6.07 Å². The number of hydrogen-bond acceptors (Lipinski definition) is 4. The number of nitrogens with zero attached hydrogens (tertiary/aromatic N) is 3. The van der Waals surface area contributed by atoms with Crippen molar-refractivity contribution < 1.29 is 4.79 Å². The van der Waals surface area contributed by atoms with Crippen LogP contribution in [-0.2, 0) is 6.54 Å². The third-order valence-electron chi connectivity index (χ3n) is 5.16. The van der Waals surface area contributed by atoms with E-state index >= 15 is 0 Å². The maximum absolute atomic E-state index is 13.3. The van der Waals surface area contributed by atoms with Crippen LogP contribution in [0.25, 0.3) is 11.3 Å². The fourth-order valence-corrected chi connectivity index (χ4v) is 3.57. The minimum Gasteiger partial charge on any atom is -0.340 e. The van der Waals surface area contributed by atoms with Gasteiger partial charge in [0.05, 0.1) is 5.69 Å². The molecule has 0 fully saturated rings. The average Bonchev–Trinajstić information content (AvgIpc) is 2.78. The van der Waals surface area contributed by atoms with Gasteiger partial charge in [-0.25, -0.2) is 0 Å². The first-order valence-corrected chi connectivity index (χ1v) is 9.95. The molecule has 0 aliphatic carbocycles. The number of aryl methyl sites for hydroxylation is 2. The zero-order chi connectivity index (χ0) is 21.8. The van der Waals surface area contributed by atoms with Gasteiger partial charge in [-0.1, -0.05) is 24.3 Å². The maximum atomic E-state index is 13.3. The number of amides is 1. The summed E-state index contributed by atoms with van der Waals surface area (Å²) in [6.07, 6.45) is 6.80. The van der Waals surface area contributed by atoms with Crippen molar-refractivity contribution in [2.75, 3.05) is 5.32 Å². The zero-order valence-electron chi connectivity index (χ0n) is 17.4. The van der Waals surface area contributed by atoms with Gasteiger partial charge in [0.1, 0.15) is 5.56 Å². The number of para-hydroxylation sites is 1. The molecule has 0 aliphatic heterocycles. The Morgan fingerprint density at radius 3 is 2.45 bits per heavy atom. The molecule has 4 rings (SSSR count). The van der Waals surface area contributed by atoms with E-state index in [0.29, 0.717) is 17.9 Å². The van der Waals surface area contributed by atoms with Crippen molar-refractivity contribution in [2.45, 2.75) is 20.4 Å². The van der Waals surface area contributed by atoms with Crippen LogP contribution in [0.3, 0.4) is 0 Å². The summed E-state index contributed by atoms with van der Waals surface area (Å²) in [5.74, 6) is -0.439. The van der Waals surface area contributed by atoms with Crippen molar-refractivity contribution in [1.82, 2.24) is 14.5 Å². The standard InChI is InChI=1S/C25H22N4O2/c1-17-6-3-4-8-21(17)28-25(31)23-22(30)14-18(2)29(16-19-7-5-11-27-15-19)24(23)20-9-12-26-13-10-20/h3-15H,16H2,1-2H3,(H,28,31). The van der Waals surface area contributed by atoms with Crippen molar-refractivity contribution in [3.8, 4) is 11.3 Å². The molecule has 6 heteroatoms. The topological polar surface area (TPSA) is 76.9 Å². The molecular weight excluding hydrogens is 388 g/mol. The summed E-state index contributed by atoms with van der Waals surface area (Å²) in [5, 5.41) is 2.91. The number of carbonyl (C=O) groups is 1. The van der Waals surface area contributed by atoms with Gasteiger partial charge in [0.15, 0.2) is 5.43 Å². The molecule has 0 spiro atoms. The Labute approximate surface area is 180 Å². The van der Waals surface area contributed by atoms with Crippen LogP contribution in [0, 0.1) is 13.8 Å². The maximum Gasteiger partial charge on any atom is 0.261 e. The molecular formula is C25H22N4O2. The molecule has 3 heterocycles. The molecule has 1 aromatic carbocycles. The first-order valence-electron chi connectivity index (χ1n) is 9.95. The largest absolute Gasteiger partial charge is 0.340 e. The second-order valence-electron chi connectivity index (χ2n) is 7.33. The number of rotatable bonds is 5. The Bertz CT molecular complexity index is 1280. The highest BCUT2D eigenvalue weighted by molar-refractivity contribution is 6.08. The van der Waals surface area contributed by atoms with Gasteiger partial charge in [-0.15, -0.1) is 0 Å². The van der Waals surface area contributed by atoms with E-state index in [1.54, 1.807) is 36.9 Å². The van der Waals surface area contributed by atoms with E-state index in [4.69, 9.17) is 0 Å². The molecule has 3 aromatic heterocycles. The predicted molar refractivity (Wildman–Crippen MR) is 121 cm³/mol. The smallest absolute Gasteiger partial charge is 0.261 e. The van der Waals surface area contributed by atoms with Crippen molar-refractivity contribution in [2.24, 2.45) is 0 Å². The van der Waals surface area contributed by atoms with Crippen LogP contribution >= 0.6 is 0 Å². The molecule has 0 atom stereocenters. The highest BCUT2D eigenvalue weighted by Crippen LogP contribution is 2.25. The number of benzene rings is 1. The molecule has 154 valence electrons. The fourth-order valence-electron chi connectivity index (χ4n) is 3.57. The number of nitrogens with one attached hydrogen (secondary N) is 1. The number of hydrogen-bond donors (Lipinski definition) is 1. The molecule has 1 N–H and O–H groups in total. The molecule has 0 saturated carbocycles. The van der Waals surface area contributed by atoms with E-state index in [2.05, 4.69) is 15.3 Å². The lowest BCUT2D eigenvalue weighted by Crippen LogP contribution is -2.27. The fraction of sp³-hybridized carbons (Fsp3) is 0.120. The molecule has 0 unspecified atom stereocenters. The lowest BCUT2D eigenvalue weighted by atomic mass is 10.0. The van der Waals surface area contributed by atoms with Crippen molar-refractivity contribution in [1.29, 1.82) is 0 Å². The zero-order valence-corrected chi connectivity index (χ0v) is 17.4. The second-order valence-corrected chi connectivity index (χ2v) is 7.33. The van der Waals surface area contributed by atoms with Gasteiger partial charge in [0.2, 0.25) is 0 Å². The van der Waals surface area contributed by atoms with Crippen LogP contribution in [0.4, 0.5) is 5.69 Å². The van der Waals surface area contributed by atoms with Crippen molar-refractivity contribution in [3.63, 3.8) is 0 Å². The van der Waals surface area contributed by atoms with E-state index in [0.717, 1.165) is 22.4 Å². The van der Waals surface area contributed by atoms with E-state index in [9.17, 15) is 9.59 Å². The van der Waals surface area contributed by atoms with Crippen molar-refractivity contribution >= 4 is 11.6 Å². The summed E-state index contributed by atoms with van der Waals surface area (Å²) in [6.45, 7) is 4.25. The number of anilines is 1. The van der Waals surface area contributed by atoms with Gasteiger partial charge in [-0.3, -0.25) is 19.6 Å². The Hall–Kier alpha value is -4.06. The summed E-state index contributed by atoms with van der Waals surface area (Å²) >= 11 is 0. The number of pyridine rings is 3. The summed E-state index contributed by atoms with van der Waals surface area (Å²) in [5.41, 5.74) is 4.40. The minimum absolute atomic E-state index is 0.101. The number of carbonyl (C=O) groups excluding carboxylic acids is 1. The molecule has 4 aromatic rings. The van der Waals surface area contributed by atoms with Gasteiger partial charge < -0.3 is 9.88 Å². The Balaban J connectivity index is 1.90. The van der Waals surface area contributed by atoms with Gasteiger partial charge >= 0.3 is 0 Å². The van der Waals surface area contributed by atoms with Crippen LogP contribution in [0.1, 0.15) is 27.2 Å². The molecule has 31 heavy (non-hydrogen) atoms. The third kappa shape index (κ3) is 4.28. The monoisotopic (exact) mass is 410 g/mol. The quantitative estimate of drug-likeness (QED) is 0.534. The Kier molecular flexibility index (Phi) is 5.71. The highest BCUT2D eigenvalue weighted by atomic mass is 16.2. The second kappa shape index (κ2) is 8.75. The summed E-state index contributed by atoms with van der Waals surface area (Å²) in [7, 11) is 0. The first kappa shape index (κ1) is 20.2. The van der Waals surface area contributed by atoms with Gasteiger partial charge in [-0.05, 0) is 49.2 Å². The summed E-state index contributed by atoms with van der Waals surface area (Å²) in [6, 6.07) is 16.4. The lowest BCUT2D eigenvalue weighted by Gasteiger charge is -2.20. The van der Waals surface area contributed by atoms with Crippen LogP contribution in [0.2, 0.25) is 0 Å². The van der Waals surface area contributed by atoms with Crippen molar-refractivity contribution in [3.05, 3.63) is 112 Å². The SMILES string of the molecule is Cc1ccccc1NC(=O)c1c(-c2ccncc2)n(Cc2cccnc2)c(C)cc1=O. The Morgan fingerprint density at radius 2 is 1.74 bits per heavy atom. The van der Waals surface area contributed by atoms with Gasteiger partial charge in [0.25, 0.3) is 5.91 Å². The van der Waals surface area contributed by atoms with E-state index in [-0.39, 0.29) is 11.0 Å². The van der Waals surface area contributed by atoms with Crippen LogP contribution in [0.5, 0.6) is 0 Å². The molecule has 0 bridgehead atoms. The number of aromatic nitrogens is 3. The average molecular weight is 410 g/mol. The Morgan fingerprint density at radius 1 is 0.968 bits per heavy atom. The van der Waals surface area contributed by atoms with Crippen LogP contribution in [0.15, 0.2) is 84.2 Å². The molecule has 6 nitrogen and oxygen atoms in total. The first-order chi connectivity index (χ1) is 15.0. The molecule has 1 amide bonds. The van der Waals surface area contributed by atoms with Gasteiger partial charge in [-0.2, -0.15) is 0 Å². The minimum atomic E-state index is -0.439. The highest BCUT2D eigenvalue weighted by Gasteiger charge is 2.22. The summed E-state index contributed by atoms with van der Waals surface area (Å²) in [4.78, 5) is 34.7. The van der Waals surface area contributed by atoms with E-state index in [1.807, 2.05) is 54.8 Å². The molecule has 0 saturated heterocycles. The van der Waals surface area contributed by atoms with Crippen LogP contribution < -0.4 is 10.7 Å². The lowest BCUT2D eigenvalue weighted by molar-refractivity contribution is 0.102. The van der Waals surface area contributed by atoms with E-state index < -0.39 is 5.91 Å². The van der Waals surface area contributed by atoms with Gasteiger partial charge in [0, 0.05) is 54.3 Å². The predicted octanol–water partition coefficient (Wildman–Crippen LogP) is 4.22. The summed E-state index contributed by atoms with van der Waals surface area (Å²) < 4.78 is 1.97. The van der Waals surface area contributed by atoms with Crippen LogP contribution in [-0.4, -0.2) is 20.4 Å². The normalized spacial score (nSPS) is 10.6. The molecule has 0 radical (unpaired) electrons. The molecule has 0 aliphatic rings.